The van der Waals surface area contributed by atoms with Gasteiger partial charge in [0.15, 0.2) is 5.11 Å². The Morgan fingerprint density at radius 2 is 1.82 bits per heavy atom. The number of thiocarbonyl (C=S) groups is 1. The van der Waals surface area contributed by atoms with E-state index in [4.69, 9.17) is 33.3 Å². The van der Waals surface area contributed by atoms with Crippen molar-refractivity contribution < 1.29 is 14.3 Å². The summed E-state index contributed by atoms with van der Waals surface area (Å²) in [5.74, 6) is 0.788. The molecule has 150 valence electrons. The minimum atomic E-state index is -0.497. The molecule has 0 amide bonds. The number of methoxy groups -OCH3 is 2. The first-order valence-electron chi connectivity index (χ1n) is 8.93. The molecule has 0 saturated carbocycles. The van der Waals surface area contributed by atoms with Gasteiger partial charge in [0.1, 0.15) is 5.75 Å². The standard InChI is InChI=1S/C21H25ClN2O3S/c1-13(2)11-19(14-5-8-16(26-3)9-6-14)24-21(28)23-15-7-10-18(22)17(12-15)20(25)27-4/h5-10,12-13,19H,11H2,1-4H3,(H2,23,24,28). The van der Waals surface area contributed by atoms with Crippen molar-refractivity contribution >= 4 is 40.6 Å². The van der Waals surface area contributed by atoms with Crippen LogP contribution in [0, 0.1) is 5.92 Å². The highest BCUT2D eigenvalue weighted by Crippen LogP contribution is 2.25. The van der Waals surface area contributed by atoms with Crippen molar-refractivity contribution in [1.29, 1.82) is 0 Å². The van der Waals surface area contributed by atoms with E-state index in [-0.39, 0.29) is 11.6 Å². The van der Waals surface area contributed by atoms with Gasteiger partial charge < -0.3 is 20.1 Å². The fourth-order valence-electron chi connectivity index (χ4n) is 2.78. The summed E-state index contributed by atoms with van der Waals surface area (Å²) in [6.07, 6.45) is 0.905. The van der Waals surface area contributed by atoms with E-state index in [2.05, 4.69) is 24.5 Å². The number of hydrogen-bond donors (Lipinski definition) is 2. The molecule has 2 rings (SSSR count). The number of esters is 1. The normalized spacial score (nSPS) is 11.6. The topological polar surface area (TPSA) is 59.6 Å². The van der Waals surface area contributed by atoms with Crippen LogP contribution in [-0.2, 0) is 4.74 Å². The number of carbonyl (C=O) groups excluding carboxylic acids is 1. The van der Waals surface area contributed by atoms with Crippen LogP contribution < -0.4 is 15.4 Å². The Bertz CT molecular complexity index is 825. The molecule has 0 aromatic heterocycles. The van der Waals surface area contributed by atoms with Gasteiger partial charge in [-0.2, -0.15) is 0 Å². The number of ether oxygens (including phenoxy) is 2. The fourth-order valence-corrected chi connectivity index (χ4v) is 3.24. The molecule has 7 heteroatoms. The van der Waals surface area contributed by atoms with Crippen molar-refractivity contribution in [2.45, 2.75) is 26.3 Å². The van der Waals surface area contributed by atoms with Crippen LogP contribution >= 0.6 is 23.8 Å². The molecule has 0 fully saturated rings. The third-order valence-corrected chi connectivity index (χ3v) is 4.71. The van der Waals surface area contributed by atoms with E-state index in [1.807, 2.05) is 24.3 Å². The molecule has 0 heterocycles. The van der Waals surface area contributed by atoms with E-state index < -0.39 is 5.97 Å². The smallest absolute Gasteiger partial charge is 0.339 e. The van der Waals surface area contributed by atoms with Gasteiger partial charge in [-0.3, -0.25) is 0 Å². The molecule has 0 aliphatic heterocycles. The van der Waals surface area contributed by atoms with E-state index in [9.17, 15) is 4.79 Å². The average molecular weight is 421 g/mol. The van der Waals surface area contributed by atoms with Crippen LogP contribution in [0.25, 0.3) is 0 Å². The molecule has 0 aliphatic rings. The molecule has 1 unspecified atom stereocenters. The maximum Gasteiger partial charge on any atom is 0.339 e. The Morgan fingerprint density at radius 1 is 1.14 bits per heavy atom. The number of halogens is 1. The molecular formula is C21H25ClN2O3S. The summed E-state index contributed by atoms with van der Waals surface area (Å²) in [5, 5.41) is 7.26. The van der Waals surface area contributed by atoms with E-state index >= 15 is 0 Å². The Morgan fingerprint density at radius 3 is 2.39 bits per heavy atom. The van der Waals surface area contributed by atoms with Crippen LogP contribution in [0.3, 0.4) is 0 Å². The van der Waals surface area contributed by atoms with Crippen LogP contribution in [0.5, 0.6) is 5.75 Å². The zero-order chi connectivity index (χ0) is 20.7. The number of carbonyl (C=O) groups is 1. The van der Waals surface area contributed by atoms with Gasteiger partial charge in [-0.15, -0.1) is 0 Å². The lowest BCUT2D eigenvalue weighted by molar-refractivity contribution is 0.0601. The summed E-state index contributed by atoms with van der Waals surface area (Å²) >= 11 is 11.6. The SMILES string of the molecule is COC(=O)c1cc(NC(=S)NC(CC(C)C)c2ccc(OC)cc2)ccc1Cl. The molecular weight excluding hydrogens is 396 g/mol. The monoisotopic (exact) mass is 420 g/mol. The second-order valence-electron chi connectivity index (χ2n) is 6.74. The largest absolute Gasteiger partial charge is 0.497 e. The van der Waals surface area contributed by atoms with E-state index in [1.54, 1.807) is 25.3 Å². The highest BCUT2D eigenvalue weighted by molar-refractivity contribution is 7.80. The van der Waals surface area contributed by atoms with E-state index in [1.165, 1.54) is 7.11 Å². The van der Waals surface area contributed by atoms with Gasteiger partial charge in [-0.1, -0.05) is 37.6 Å². The molecule has 5 nitrogen and oxygen atoms in total. The number of nitrogens with one attached hydrogen (secondary N) is 2. The summed E-state index contributed by atoms with van der Waals surface area (Å²) in [5.41, 5.74) is 2.05. The second kappa shape index (κ2) is 10.3. The lowest BCUT2D eigenvalue weighted by Crippen LogP contribution is -2.33. The van der Waals surface area contributed by atoms with Gasteiger partial charge in [0.2, 0.25) is 0 Å². The highest BCUT2D eigenvalue weighted by atomic mass is 35.5. The minimum absolute atomic E-state index is 0.0401. The van der Waals surface area contributed by atoms with E-state index in [0.29, 0.717) is 21.7 Å². The lowest BCUT2D eigenvalue weighted by atomic mass is 9.97. The molecule has 1 atom stereocenters. The molecule has 0 radical (unpaired) electrons. The summed E-state index contributed by atoms with van der Waals surface area (Å²) in [7, 11) is 2.96. The predicted molar refractivity (Wildman–Crippen MR) is 117 cm³/mol. The van der Waals surface area contributed by atoms with Crippen molar-refractivity contribution in [2.24, 2.45) is 5.92 Å². The highest BCUT2D eigenvalue weighted by Gasteiger charge is 2.16. The quantitative estimate of drug-likeness (QED) is 0.473. The fraction of sp³-hybridized carbons (Fsp3) is 0.333. The number of anilines is 1. The zero-order valence-corrected chi connectivity index (χ0v) is 18.0. The van der Waals surface area contributed by atoms with Gasteiger partial charge in [0.05, 0.1) is 30.8 Å². The summed E-state index contributed by atoms with van der Waals surface area (Å²) in [4.78, 5) is 11.8. The van der Waals surface area contributed by atoms with Crippen LogP contribution in [0.2, 0.25) is 5.02 Å². The Balaban J connectivity index is 2.14. The first-order chi connectivity index (χ1) is 13.3. The van der Waals surface area contributed by atoms with Crippen molar-refractivity contribution in [1.82, 2.24) is 5.32 Å². The molecule has 0 saturated heterocycles. The van der Waals surface area contributed by atoms with Crippen LogP contribution in [0.4, 0.5) is 5.69 Å². The first-order valence-corrected chi connectivity index (χ1v) is 9.72. The van der Waals surface area contributed by atoms with Gasteiger partial charge in [0, 0.05) is 5.69 Å². The van der Waals surface area contributed by atoms with Crippen molar-refractivity contribution in [3.8, 4) is 5.75 Å². The number of benzene rings is 2. The Hall–Kier alpha value is -2.31. The maximum atomic E-state index is 11.8. The van der Waals surface area contributed by atoms with Gasteiger partial charge in [0.25, 0.3) is 0 Å². The first kappa shape index (κ1) is 22.0. The van der Waals surface area contributed by atoms with Gasteiger partial charge in [-0.05, 0) is 60.5 Å². The summed E-state index contributed by atoms with van der Waals surface area (Å²) in [6, 6.07) is 13.0. The minimum Gasteiger partial charge on any atom is -0.497 e. The average Bonchev–Trinajstić information content (AvgIpc) is 2.68. The van der Waals surface area contributed by atoms with Gasteiger partial charge in [-0.25, -0.2) is 4.79 Å². The summed E-state index contributed by atoms with van der Waals surface area (Å²) < 4.78 is 9.98. The molecule has 0 aliphatic carbocycles. The number of hydrogen-bond acceptors (Lipinski definition) is 4. The molecule has 28 heavy (non-hydrogen) atoms. The molecule has 2 aromatic rings. The number of rotatable bonds is 7. The second-order valence-corrected chi connectivity index (χ2v) is 7.56. The maximum absolute atomic E-state index is 11.8. The molecule has 0 bridgehead atoms. The predicted octanol–water partition coefficient (Wildman–Crippen LogP) is 5.21. The van der Waals surface area contributed by atoms with Crippen LogP contribution in [-0.4, -0.2) is 25.3 Å². The van der Waals surface area contributed by atoms with E-state index in [0.717, 1.165) is 17.7 Å². The Labute approximate surface area is 176 Å². The third-order valence-electron chi connectivity index (χ3n) is 4.16. The van der Waals surface area contributed by atoms with Crippen molar-refractivity contribution in [3.05, 3.63) is 58.6 Å². The van der Waals surface area contributed by atoms with Crippen molar-refractivity contribution in [2.75, 3.05) is 19.5 Å². The van der Waals surface area contributed by atoms with Crippen LogP contribution in [0.15, 0.2) is 42.5 Å². The Kier molecular flexibility index (Phi) is 8.08. The lowest BCUT2D eigenvalue weighted by Gasteiger charge is -2.23. The van der Waals surface area contributed by atoms with Crippen molar-refractivity contribution in [3.63, 3.8) is 0 Å². The van der Waals surface area contributed by atoms with Gasteiger partial charge >= 0.3 is 5.97 Å². The van der Waals surface area contributed by atoms with Crippen LogP contribution in [0.1, 0.15) is 42.2 Å². The third kappa shape index (κ3) is 6.11. The molecule has 0 spiro atoms. The zero-order valence-electron chi connectivity index (χ0n) is 16.4. The molecule has 2 aromatic carbocycles. The molecule has 2 N–H and O–H groups in total. The summed E-state index contributed by atoms with van der Waals surface area (Å²) in [6.45, 7) is 4.33.